The summed E-state index contributed by atoms with van der Waals surface area (Å²) < 4.78 is 5.65. The van der Waals surface area contributed by atoms with Crippen molar-refractivity contribution < 1.29 is 9.53 Å². The van der Waals surface area contributed by atoms with E-state index in [0.29, 0.717) is 12.5 Å². The zero-order valence-corrected chi connectivity index (χ0v) is 11.7. The van der Waals surface area contributed by atoms with Crippen LogP contribution in [0.25, 0.3) is 0 Å². The molecule has 3 nitrogen and oxygen atoms in total. The average molecular weight is 253 g/mol. The quantitative estimate of drug-likeness (QED) is 0.783. The van der Waals surface area contributed by atoms with Crippen molar-refractivity contribution in [2.45, 2.75) is 58.3 Å². The SMILES string of the molecule is CCC1(C(=O)OCC2CCCCC2)CCNCC1. The monoisotopic (exact) mass is 253 g/mol. The summed E-state index contributed by atoms with van der Waals surface area (Å²) in [6.07, 6.45) is 9.26. The third kappa shape index (κ3) is 3.25. The molecule has 0 aromatic rings. The lowest BCUT2D eigenvalue weighted by atomic mass is 9.77. The van der Waals surface area contributed by atoms with Gasteiger partial charge in [0.15, 0.2) is 0 Å². The third-order valence-corrected chi connectivity index (χ3v) is 4.85. The summed E-state index contributed by atoms with van der Waals surface area (Å²) in [5, 5.41) is 3.33. The molecule has 0 aromatic carbocycles. The number of hydrogen-bond acceptors (Lipinski definition) is 3. The number of carbonyl (C=O) groups excluding carboxylic acids is 1. The predicted molar refractivity (Wildman–Crippen MR) is 72.4 cm³/mol. The molecule has 0 atom stereocenters. The molecule has 0 radical (unpaired) electrons. The highest BCUT2D eigenvalue weighted by atomic mass is 16.5. The fraction of sp³-hybridized carbons (Fsp3) is 0.933. The van der Waals surface area contributed by atoms with E-state index < -0.39 is 0 Å². The fourth-order valence-corrected chi connectivity index (χ4v) is 3.31. The van der Waals surface area contributed by atoms with E-state index in [1.54, 1.807) is 0 Å². The first-order valence-electron chi connectivity index (χ1n) is 7.65. The van der Waals surface area contributed by atoms with Crippen LogP contribution in [0.15, 0.2) is 0 Å². The Hall–Kier alpha value is -0.570. The first-order chi connectivity index (χ1) is 8.77. The molecule has 1 N–H and O–H groups in total. The Labute approximate surface area is 111 Å². The van der Waals surface area contributed by atoms with E-state index in [4.69, 9.17) is 4.74 Å². The van der Waals surface area contributed by atoms with Crippen molar-refractivity contribution in [1.82, 2.24) is 5.32 Å². The van der Waals surface area contributed by atoms with Crippen molar-refractivity contribution in [3.63, 3.8) is 0 Å². The van der Waals surface area contributed by atoms with Crippen LogP contribution in [0.4, 0.5) is 0 Å². The minimum atomic E-state index is -0.195. The highest BCUT2D eigenvalue weighted by Gasteiger charge is 2.39. The molecule has 1 saturated carbocycles. The molecular formula is C15H27NO2. The minimum Gasteiger partial charge on any atom is -0.465 e. The minimum absolute atomic E-state index is 0.0667. The molecule has 1 aliphatic heterocycles. The van der Waals surface area contributed by atoms with Crippen molar-refractivity contribution >= 4 is 5.97 Å². The maximum atomic E-state index is 12.3. The highest BCUT2D eigenvalue weighted by molar-refractivity contribution is 5.77. The molecule has 1 aliphatic carbocycles. The molecule has 0 aromatic heterocycles. The maximum Gasteiger partial charge on any atom is 0.312 e. The van der Waals surface area contributed by atoms with Crippen molar-refractivity contribution in [2.75, 3.05) is 19.7 Å². The Morgan fingerprint density at radius 3 is 2.50 bits per heavy atom. The van der Waals surface area contributed by atoms with Gasteiger partial charge < -0.3 is 10.1 Å². The van der Waals surface area contributed by atoms with Crippen LogP contribution < -0.4 is 5.32 Å². The van der Waals surface area contributed by atoms with E-state index >= 15 is 0 Å². The van der Waals surface area contributed by atoms with Crippen LogP contribution in [0, 0.1) is 11.3 Å². The summed E-state index contributed by atoms with van der Waals surface area (Å²) in [5.41, 5.74) is -0.195. The van der Waals surface area contributed by atoms with E-state index in [-0.39, 0.29) is 11.4 Å². The summed E-state index contributed by atoms with van der Waals surface area (Å²) in [4.78, 5) is 12.3. The first kappa shape index (κ1) is 13.9. The van der Waals surface area contributed by atoms with Gasteiger partial charge in [0.1, 0.15) is 0 Å². The standard InChI is InChI=1S/C15H27NO2/c1-2-15(8-10-16-11-9-15)14(17)18-12-13-6-4-3-5-7-13/h13,16H,2-12H2,1H3. The van der Waals surface area contributed by atoms with Crippen LogP contribution in [-0.2, 0) is 9.53 Å². The molecule has 0 amide bonds. The number of ether oxygens (including phenoxy) is 1. The van der Waals surface area contributed by atoms with Crippen molar-refractivity contribution in [3.05, 3.63) is 0 Å². The number of esters is 1. The van der Waals surface area contributed by atoms with Crippen LogP contribution >= 0.6 is 0 Å². The Morgan fingerprint density at radius 1 is 1.22 bits per heavy atom. The van der Waals surface area contributed by atoms with Gasteiger partial charge in [0.05, 0.1) is 12.0 Å². The van der Waals surface area contributed by atoms with Crippen LogP contribution in [-0.4, -0.2) is 25.7 Å². The summed E-state index contributed by atoms with van der Waals surface area (Å²) in [5.74, 6) is 0.690. The lowest BCUT2D eigenvalue weighted by molar-refractivity contribution is -0.159. The zero-order valence-electron chi connectivity index (χ0n) is 11.7. The van der Waals surface area contributed by atoms with E-state index in [9.17, 15) is 4.79 Å². The Kier molecular flexibility index (Phi) is 5.04. The summed E-state index contributed by atoms with van der Waals surface area (Å²) >= 11 is 0. The molecule has 0 spiro atoms. The first-order valence-corrected chi connectivity index (χ1v) is 7.65. The second-order valence-electron chi connectivity index (χ2n) is 5.99. The highest BCUT2D eigenvalue weighted by Crippen LogP contribution is 2.34. The molecule has 1 saturated heterocycles. The lowest BCUT2D eigenvalue weighted by Crippen LogP contribution is -2.43. The Balaban J connectivity index is 1.81. The number of rotatable bonds is 4. The van der Waals surface area contributed by atoms with E-state index in [1.807, 2.05) is 0 Å². The van der Waals surface area contributed by atoms with E-state index in [1.165, 1.54) is 32.1 Å². The summed E-state index contributed by atoms with van der Waals surface area (Å²) in [7, 11) is 0. The van der Waals surface area contributed by atoms with Gasteiger partial charge in [-0.1, -0.05) is 26.2 Å². The second kappa shape index (κ2) is 6.55. The molecule has 0 unspecified atom stereocenters. The van der Waals surface area contributed by atoms with Gasteiger partial charge in [0, 0.05) is 0 Å². The predicted octanol–water partition coefficient (Wildman–Crippen LogP) is 2.89. The van der Waals surface area contributed by atoms with Gasteiger partial charge >= 0.3 is 5.97 Å². The van der Waals surface area contributed by atoms with Gasteiger partial charge in [0.2, 0.25) is 0 Å². The smallest absolute Gasteiger partial charge is 0.312 e. The van der Waals surface area contributed by atoms with Crippen molar-refractivity contribution in [1.29, 1.82) is 0 Å². The fourth-order valence-electron chi connectivity index (χ4n) is 3.31. The Bertz CT molecular complexity index is 266. The van der Waals surface area contributed by atoms with Crippen molar-refractivity contribution in [3.8, 4) is 0 Å². The van der Waals surface area contributed by atoms with Gasteiger partial charge in [-0.05, 0) is 51.1 Å². The number of nitrogens with one attached hydrogen (secondary N) is 1. The van der Waals surface area contributed by atoms with Gasteiger partial charge in [-0.3, -0.25) is 4.79 Å². The number of carbonyl (C=O) groups is 1. The number of piperidine rings is 1. The molecule has 18 heavy (non-hydrogen) atoms. The molecule has 2 rings (SSSR count). The summed E-state index contributed by atoms with van der Waals surface area (Å²) in [6.45, 7) is 4.68. The average Bonchev–Trinajstić information content (AvgIpc) is 2.46. The van der Waals surface area contributed by atoms with E-state index in [2.05, 4.69) is 12.2 Å². The van der Waals surface area contributed by atoms with Crippen LogP contribution in [0.1, 0.15) is 58.3 Å². The molecule has 3 heteroatoms. The van der Waals surface area contributed by atoms with Gasteiger partial charge in [-0.2, -0.15) is 0 Å². The largest absolute Gasteiger partial charge is 0.465 e. The molecule has 2 fully saturated rings. The van der Waals surface area contributed by atoms with Crippen LogP contribution in [0.2, 0.25) is 0 Å². The van der Waals surface area contributed by atoms with E-state index in [0.717, 1.165) is 32.4 Å². The molecule has 0 bridgehead atoms. The van der Waals surface area contributed by atoms with Crippen molar-refractivity contribution in [2.24, 2.45) is 11.3 Å². The van der Waals surface area contributed by atoms with Crippen LogP contribution in [0.5, 0.6) is 0 Å². The molecule has 104 valence electrons. The normalized spacial score (nSPS) is 24.7. The Morgan fingerprint density at radius 2 is 1.89 bits per heavy atom. The molecule has 1 heterocycles. The van der Waals surface area contributed by atoms with Gasteiger partial charge in [-0.15, -0.1) is 0 Å². The second-order valence-corrected chi connectivity index (χ2v) is 5.99. The lowest BCUT2D eigenvalue weighted by Gasteiger charge is -2.35. The van der Waals surface area contributed by atoms with Gasteiger partial charge in [-0.25, -0.2) is 0 Å². The zero-order chi connectivity index (χ0) is 12.8. The molecule has 2 aliphatic rings. The topological polar surface area (TPSA) is 38.3 Å². The third-order valence-electron chi connectivity index (χ3n) is 4.85. The number of hydrogen-bond donors (Lipinski definition) is 1. The van der Waals surface area contributed by atoms with Crippen LogP contribution in [0.3, 0.4) is 0 Å². The maximum absolute atomic E-state index is 12.3. The molecular weight excluding hydrogens is 226 g/mol. The summed E-state index contributed by atoms with van der Waals surface area (Å²) in [6, 6.07) is 0. The van der Waals surface area contributed by atoms with Gasteiger partial charge in [0.25, 0.3) is 0 Å².